The molecule has 0 saturated heterocycles. The molecular formula is C17H12ClFN4O7S. The minimum Gasteiger partial charge on any atom is -0.476 e. The summed E-state index contributed by atoms with van der Waals surface area (Å²) in [5.74, 6) is -1.80. The fourth-order valence-electron chi connectivity index (χ4n) is 2.95. The summed E-state index contributed by atoms with van der Waals surface area (Å²) >= 11 is 5.75. The number of aromatic nitrogens is 2. The van der Waals surface area contributed by atoms with Crippen LogP contribution >= 0.6 is 11.6 Å². The highest BCUT2D eigenvalue weighted by Gasteiger charge is 2.38. The zero-order valence-electron chi connectivity index (χ0n) is 15.2. The number of benzene rings is 2. The Bertz CT molecular complexity index is 1340. The van der Waals surface area contributed by atoms with Crippen molar-refractivity contribution in [3.8, 4) is 5.75 Å². The molecule has 2 heterocycles. The predicted molar refractivity (Wildman–Crippen MR) is 105 cm³/mol. The number of carboxylic acid groups (broad SMARTS) is 1. The maximum atomic E-state index is 13.6. The zero-order chi connectivity index (χ0) is 22.3. The van der Waals surface area contributed by atoms with Crippen LogP contribution in [0.5, 0.6) is 5.75 Å². The first-order valence-electron chi connectivity index (χ1n) is 8.49. The third-order valence-electron chi connectivity index (χ3n) is 4.29. The smallest absolute Gasteiger partial charge is 0.434 e. The van der Waals surface area contributed by atoms with Gasteiger partial charge >= 0.3 is 11.8 Å². The molecule has 11 nitrogen and oxygen atoms in total. The first-order valence-corrected chi connectivity index (χ1v) is 10.3. The lowest BCUT2D eigenvalue weighted by Gasteiger charge is -2.34. The highest BCUT2D eigenvalue weighted by Crippen LogP contribution is 2.42. The number of nitrogens with zero attached hydrogens (tertiary/aromatic N) is 2. The molecule has 1 aliphatic heterocycles. The first kappa shape index (κ1) is 20.7. The average molecular weight is 471 g/mol. The van der Waals surface area contributed by atoms with Gasteiger partial charge in [0.05, 0.1) is 22.2 Å². The van der Waals surface area contributed by atoms with Gasteiger partial charge in [0.25, 0.3) is 15.9 Å². The third kappa shape index (κ3) is 3.92. The van der Waals surface area contributed by atoms with E-state index in [1.54, 1.807) is 0 Å². The lowest BCUT2D eigenvalue weighted by molar-refractivity contribution is 0.167. The second kappa shape index (κ2) is 7.59. The summed E-state index contributed by atoms with van der Waals surface area (Å²) in [6.45, 7) is -0.380. The molecule has 1 unspecified atom stereocenters. The molecule has 31 heavy (non-hydrogen) atoms. The summed E-state index contributed by atoms with van der Waals surface area (Å²) < 4.78 is 51.8. The Balaban J connectivity index is 1.84. The van der Waals surface area contributed by atoms with Crippen molar-refractivity contribution >= 4 is 39.1 Å². The fraction of sp³-hybridized carbons (Fsp3) is 0.118. The van der Waals surface area contributed by atoms with Gasteiger partial charge in [-0.1, -0.05) is 11.6 Å². The Morgan fingerprint density at radius 1 is 1.32 bits per heavy atom. The number of hydrogen-bond donors (Lipinski definition) is 3. The van der Waals surface area contributed by atoms with Crippen molar-refractivity contribution in [2.24, 2.45) is 0 Å². The summed E-state index contributed by atoms with van der Waals surface area (Å²) in [4.78, 5) is 22.0. The summed E-state index contributed by atoms with van der Waals surface area (Å²) in [7, 11) is -4.32. The Morgan fingerprint density at radius 2 is 2.10 bits per heavy atom. The molecule has 3 aromatic rings. The Labute approximate surface area is 178 Å². The number of hydrogen-bond acceptors (Lipinski definition) is 7. The van der Waals surface area contributed by atoms with Crippen LogP contribution in [0, 0.1) is 5.82 Å². The number of sulfonamides is 1. The number of aromatic amines is 1. The first-order chi connectivity index (χ1) is 14.6. The largest absolute Gasteiger partial charge is 0.476 e. The maximum Gasteiger partial charge on any atom is 0.434 e. The van der Waals surface area contributed by atoms with Crippen molar-refractivity contribution in [2.75, 3.05) is 16.2 Å². The Hall–Kier alpha value is -3.58. The van der Waals surface area contributed by atoms with Crippen LogP contribution in [0.3, 0.4) is 0 Å². The van der Waals surface area contributed by atoms with Crippen LogP contribution in [-0.4, -0.2) is 36.4 Å². The maximum absolute atomic E-state index is 13.6. The third-order valence-corrected chi connectivity index (χ3v) is 6.35. The van der Waals surface area contributed by atoms with Crippen LogP contribution < -0.4 is 20.1 Å². The number of nitrogens with one attached hydrogen (secondary N) is 2. The minimum absolute atomic E-state index is 0.000769. The number of carbonyl (C=O) groups is 1. The van der Waals surface area contributed by atoms with Crippen LogP contribution in [0.25, 0.3) is 0 Å². The quantitative estimate of drug-likeness (QED) is 0.525. The number of ether oxygens (including phenoxy) is 1. The standard InChI is InChI=1S/C17H12ClFN4O7S/c18-10-6-9(2-3-11(10)19)31(27,28)23-7-14(15-21-22-17(26)30-15)29-13-4-1-8(5-12(13)23)20-16(24)25/h1-6,14,20H,7H2,(H,22,26)(H,24,25). The van der Waals surface area contributed by atoms with E-state index in [0.717, 1.165) is 22.5 Å². The van der Waals surface area contributed by atoms with Crippen molar-refractivity contribution in [1.29, 1.82) is 0 Å². The molecule has 0 aliphatic carbocycles. The topological polar surface area (TPSA) is 155 Å². The van der Waals surface area contributed by atoms with Crippen molar-refractivity contribution < 1.29 is 31.9 Å². The fourth-order valence-corrected chi connectivity index (χ4v) is 4.69. The van der Waals surface area contributed by atoms with Gasteiger partial charge < -0.3 is 14.3 Å². The molecule has 3 N–H and O–H groups in total. The van der Waals surface area contributed by atoms with Crippen LogP contribution in [0.2, 0.25) is 5.02 Å². The summed E-state index contributed by atoms with van der Waals surface area (Å²) in [5.41, 5.74) is 0.0813. The lowest BCUT2D eigenvalue weighted by Crippen LogP contribution is -2.40. The second-order valence-corrected chi connectivity index (χ2v) is 8.55. The van der Waals surface area contributed by atoms with E-state index < -0.39 is 38.8 Å². The van der Waals surface area contributed by atoms with E-state index in [9.17, 15) is 22.4 Å². The summed E-state index contributed by atoms with van der Waals surface area (Å²) in [6.07, 6.45) is -2.46. The minimum atomic E-state index is -4.32. The van der Waals surface area contributed by atoms with Gasteiger partial charge in [0.15, 0.2) is 6.10 Å². The van der Waals surface area contributed by atoms with Gasteiger partial charge in [0.1, 0.15) is 11.6 Å². The second-order valence-electron chi connectivity index (χ2n) is 6.28. The van der Waals surface area contributed by atoms with Crippen LogP contribution in [0.4, 0.5) is 20.6 Å². The van der Waals surface area contributed by atoms with E-state index in [-0.39, 0.29) is 34.5 Å². The van der Waals surface area contributed by atoms with E-state index in [2.05, 4.69) is 15.5 Å². The Morgan fingerprint density at radius 3 is 2.74 bits per heavy atom. The van der Waals surface area contributed by atoms with Gasteiger partial charge in [-0.3, -0.25) is 9.62 Å². The van der Waals surface area contributed by atoms with Crippen molar-refractivity contribution in [1.82, 2.24) is 10.2 Å². The number of halogens is 2. The van der Waals surface area contributed by atoms with Gasteiger partial charge in [-0.2, -0.15) is 0 Å². The monoisotopic (exact) mass is 470 g/mol. The van der Waals surface area contributed by atoms with E-state index in [4.69, 9.17) is 25.9 Å². The van der Waals surface area contributed by atoms with Crippen LogP contribution in [0.1, 0.15) is 12.0 Å². The predicted octanol–water partition coefficient (Wildman–Crippen LogP) is 2.57. The number of rotatable bonds is 4. The molecule has 0 bridgehead atoms. The molecule has 0 spiro atoms. The van der Waals surface area contributed by atoms with Crippen LogP contribution in [0.15, 0.2) is 50.5 Å². The van der Waals surface area contributed by atoms with Crippen molar-refractivity contribution in [3.63, 3.8) is 0 Å². The highest BCUT2D eigenvalue weighted by atomic mass is 35.5. The summed E-state index contributed by atoms with van der Waals surface area (Å²) in [5, 5.41) is 16.4. The van der Waals surface area contributed by atoms with Crippen LogP contribution in [-0.2, 0) is 10.0 Å². The molecule has 14 heteroatoms. The molecule has 1 aromatic heterocycles. The molecule has 0 fully saturated rings. The lowest BCUT2D eigenvalue weighted by atomic mass is 10.2. The molecule has 162 valence electrons. The molecule has 2 aromatic carbocycles. The SMILES string of the molecule is O=C(O)Nc1ccc2c(c1)N(S(=O)(=O)c1ccc(F)c(Cl)c1)CC(c1n[nH]c(=O)o1)O2. The molecule has 4 rings (SSSR count). The van der Waals surface area contributed by atoms with Gasteiger partial charge in [0, 0.05) is 5.69 Å². The number of anilines is 2. The number of H-pyrrole nitrogens is 1. The summed E-state index contributed by atoms with van der Waals surface area (Å²) in [6, 6.07) is 6.85. The molecular weight excluding hydrogens is 459 g/mol. The van der Waals surface area contributed by atoms with Gasteiger partial charge in [-0.05, 0) is 36.4 Å². The molecule has 1 aliphatic rings. The number of fused-ring (bicyclic) bond motifs is 1. The molecule has 0 saturated carbocycles. The zero-order valence-corrected chi connectivity index (χ0v) is 16.8. The number of amides is 1. The highest BCUT2D eigenvalue weighted by molar-refractivity contribution is 7.92. The molecule has 1 amide bonds. The van der Waals surface area contributed by atoms with E-state index in [1.165, 1.54) is 18.2 Å². The normalized spacial score (nSPS) is 15.8. The average Bonchev–Trinajstić information content (AvgIpc) is 3.15. The van der Waals surface area contributed by atoms with E-state index >= 15 is 0 Å². The Kier molecular flexibility index (Phi) is 5.07. The van der Waals surface area contributed by atoms with Crippen molar-refractivity contribution in [3.05, 3.63) is 63.7 Å². The van der Waals surface area contributed by atoms with Crippen molar-refractivity contribution in [2.45, 2.75) is 11.0 Å². The van der Waals surface area contributed by atoms with Gasteiger partial charge in [-0.15, -0.1) is 5.10 Å². The van der Waals surface area contributed by atoms with Gasteiger partial charge in [0.2, 0.25) is 0 Å². The van der Waals surface area contributed by atoms with E-state index in [0.29, 0.717) is 0 Å². The molecule has 0 radical (unpaired) electrons. The van der Waals surface area contributed by atoms with Gasteiger partial charge in [-0.25, -0.2) is 27.5 Å². The van der Waals surface area contributed by atoms with E-state index in [1.807, 2.05) is 0 Å². The molecule has 1 atom stereocenters.